The Morgan fingerprint density at radius 2 is 2.30 bits per heavy atom. The molecule has 0 bridgehead atoms. The second-order valence-corrected chi connectivity index (χ2v) is 3.45. The Bertz CT molecular complexity index is 166. The molecule has 0 aromatic carbocycles. The van der Waals surface area contributed by atoms with Crippen molar-refractivity contribution in [1.82, 2.24) is 0 Å². The summed E-state index contributed by atoms with van der Waals surface area (Å²) in [5.41, 5.74) is 1.41. The standard InChI is InChI=1S/C9H15B/c1-7(2)8-3-5-9(10)6-4-8/h3,5-8H,4,10H2,1-2H3. The van der Waals surface area contributed by atoms with Crippen LogP contribution in [0.1, 0.15) is 20.3 Å². The number of hydrogen-bond donors (Lipinski definition) is 0. The Labute approximate surface area is 64.4 Å². The van der Waals surface area contributed by atoms with Crippen LogP contribution >= 0.6 is 0 Å². The van der Waals surface area contributed by atoms with Gasteiger partial charge in [0.15, 0.2) is 0 Å². The summed E-state index contributed by atoms with van der Waals surface area (Å²) in [4.78, 5) is 0. The number of hydrogen-bond acceptors (Lipinski definition) is 0. The maximum absolute atomic E-state index is 2.33. The molecular weight excluding hydrogens is 119 g/mol. The van der Waals surface area contributed by atoms with Gasteiger partial charge in [0.2, 0.25) is 0 Å². The molecule has 0 spiro atoms. The fraction of sp³-hybridized carbons (Fsp3) is 0.556. The van der Waals surface area contributed by atoms with Gasteiger partial charge in [-0.2, -0.15) is 0 Å². The van der Waals surface area contributed by atoms with Crippen molar-refractivity contribution in [1.29, 1.82) is 0 Å². The summed E-state index contributed by atoms with van der Waals surface area (Å²) in [6, 6.07) is 0. The van der Waals surface area contributed by atoms with Gasteiger partial charge >= 0.3 is 0 Å². The van der Waals surface area contributed by atoms with Crippen LogP contribution in [0.3, 0.4) is 0 Å². The van der Waals surface area contributed by atoms with Gasteiger partial charge in [-0.25, -0.2) is 0 Å². The number of allylic oxidation sites excluding steroid dienone is 4. The van der Waals surface area contributed by atoms with Crippen LogP contribution in [0.25, 0.3) is 0 Å². The maximum atomic E-state index is 2.33. The van der Waals surface area contributed by atoms with E-state index >= 15 is 0 Å². The Morgan fingerprint density at radius 3 is 2.70 bits per heavy atom. The summed E-state index contributed by atoms with van der Waals surface area (Å²) in [6.07, 6.45) is 8.12. The third kappa shape index (κ3) is 1.76. The van der Waals surface area contributed by atoms with E-state index < -0.39 is 0 Å². The molecular formula is C9H15B. The van der Waals surface area contributed by atoms with Gasteiger partial charge in [0.25, 0.3) is 0 Å². The van der Waals surface area contributed by atoms with Crippen LogP contribution in [0.5, 0.6) is 0 Å². The van der Waals surface area contributed by atoms with Gasteiger partial charge in [-0.1, -0.05) is 37.5 Å². The van der Waals surface area contributed by atoms with E-state index in [4.69, 9.17) is 0 Å². The Balaban J connectivity index is 2.52. The minimum Gasteiger partial charge on any atom is -0.0932 e. The first-order chi connectivity index (χ1) is 4.70. The van der Waals surface area contributed by atoms with Crippen LogP contribution in [-0.2, 0) is 0 Å². The molecule has 10 heavy (non-hydrogen) atoms. The third-order valence-electron chi connectivity index (χ3n) is 2.17. The van der Waals surface area contributed by atoms with E-state index in [-0.39, 0.29) is 0 Å². The molecule has 0 amide bonds. The van der Waals surface area contributed by atoms with Crippen molar-refractivity contribution >= 4 is 7.85 Å². The van der Waals surface area contributed by atoms with Crippen LogP contribution in [0.2, 0.25) is 0 Å². The van der Waals surface area contributed by atoms with Crippen molar-refractivity contribution in [3.63, 3.8) is 0 Å². The molecule has 54 valence electrons. The molecule has 0 fully saturated rings. The van der Waals surface area contributed by atoms with Gasteiger partial charge in [-0.05, 0) is 18.3 Å². The Morgan fingerprint density at radius 1 is 1.60 bits per heavy atom. The summed E-state index contributed by atoms with van der Waals surface area (Å²) in [6.45, 7) is 4.56. The average molecular weight is 134 g/mol. The molecule has 0 saturated carbocycles. The quantitative estimate of drug-likeness (QED) is 0.479. The molecule has 0 heterocycles. The van der Waals surface area contributed by atoms with Gasteiger partial charge < -0.3 is 0 Å². The highest BCUT2D eigenvalue weighted by atomic mass is 14.1. The minimum absolute atomic E-state index is 0.781. The molecule has 1 rings (SSSR count). The lowest BCUT2D eigenvalue weighted by Crippen LogP contribution is -2.07. The lowest BCUT2D eigenvalue weighted by Gasteiger charge is -2.18. The van der Waals surface area contributed by atoms with Crippen molar-refractivity contribution in [2.75, 3.05) is 0 Å². The third-order valence-corrected chi connectivity index (χ3v) is 2.17. The molecule has 0 saturated heterocycles. The monoisotopic (exact) mass is 134 g/mol. The van der Waals surface area contributed by atoms with Crippen molar-refractivity contribution in [3.8, 4) is 0 Å². The molecule has 1 aliphatic rings. The fourth-order valence-electron chi connectivity index (χ4n) is 1.24. The molecule has 1 unspecified atom stereocenters. The van der Waals surface area contributed by atoms with E-state index in [1.165, 1.54) is 11.9 Å². The van der Waals surface area contributed by atoms with Gasteiger partial charge in [0.1, 0.15) is 7.85 Å². The van der Waals surface area contributed by atoms with Crippen LogP contribution < -0.4 is 0 Å². The molecule has 1 atom stereocenters. The zero-order chi connectivity index (χ0) is 7.56. The van der Waals surface area contributed by atoms with Crippen LogP contribution in [-0.4, -0.2) is 7.85 Å². The lowest BCUT2D eigenvalue weighted by molar-refractivity contribution is 0.467. The van der Waals surface area contributed by atoms with Gasteiger partial charge in [0.05, 0.1) is 0 Å². The second kappa shape index (κ2) is 3.09. The number of rotatable bonds is 1. The molecule has 0 N–H and O–H groups in total. The summed E-state index contributed by atoms with van der Waals surface area (Å²) in [5, 5.41) is 0. The molecule has 0 aliphatic heterocycles. The Hall–Kier alpha value is -0.455. The SMILES string of the molecule is BC1=CCC(C(C)C)C=C1. The highest BCUT2D eigenvalue weighted by Crippen LogP contribution is 2.21. The van der Waals surface area contributed by atoms with Gasteiger partial charge in [-0.3, -0.25) is 0 Å². The van der Waals surface area contributed by atoms with Gasteiger partial charge in [-0.15, -0.1) is 0 Å². The van der Waals surface area contributed by atoms with E-state index in [1.807, 2.05) is 0 Å². The highest BCUT2D eigenvalue weighted by molar-refractivity contribution is 6.23. The predicted octanol–water partition coefficient (Wildman–Crippen LogP) is 1.74. The molecule has 0 aromatic heterocycles. The average Bonchev–Trinajstić information content (AvgIpc) is 1.88. The smallest absolute Gasteiger partial charge is 0.0932 e. The summed E-state index contributed by atoms with van der Waals surface area (Å²) < 4.78 is 0. The molecule has 1 heteroatoms. The summed E-state index contributed by atoms with van der Waals surface area (Å²) >= 11 is 0. The normalized spacial score (nSPS) is 25.1. The van der Waals surface area contributed by atoms with Crippen LogP contribution in [0.4, 0.5) is 0 Å². The summed E-state index contributed by atoms with van der Waals surface area (Å²) in [7, 11) is 2.16. The van der Waals surface area contributed by atoms with Gasteiger partial charge in [0, 0.05) is 0 Å². The topological polar surface area (TPSA) is 0 Å². The first-order valence-electron chi connectivity index (χ1n) is 4.05. The predicted molar refractivity (Wildman–Crippen MR) is 48.7 cm³/mol. The van der Waals surface area contributed by atoms with Crippen LogP contribution in [0, 0.1) is 11.8 Å². The zero-order valence-electron chi connectivity index (χ0n) is 7.09. The second-order valence-electron chi connectivity index (χ2n) is 3.45. The van der Waals surface area contributed by atoms with E-state index in [1.54, 1.807) is 0 Å². The summed E-state index contributed by atoms with van der Waals surface area (Å²) in [5.74, 6) is 1.57. The molecule has 0 aromatic rings. The Kier molecular flexibility index (Phi) is 2.36. The first-order valence-corrected chi connectivity index (χ1v) is 4.05. The zero-order valence-corrected chi connectivity index (χ0v) is 7.09. The largest absolute Gasteiger partial charge is 0.138 e. The van der Waals surface area contributed by atoms with E-state index in [0.29, 0.717) is 0 Å². The molecule has 1 aliphatic carbocycles. The molecule has 0 radical (unpaired) electrons. The molecule has 0 nitrogen and oxygen atoms in total. The maximum Gasteiger partial charge on any atom is 0.138 e. The minimum atomic E-state index is 0.781. The van der Waals surface area contributed by atoms with Crippen molar-refractivity contribution in [2.24, 2.45) is 11.8 Å². The lowest BCUT2D eigenvalue weighted by atomic mass is 9.82. The van der Waals surface area contributed by atoms with Crippen LogP contribution in [0.15, 0.2) is 23.7 Å². The van der Waals surface area contributed by atoms with E-state index in [2.05, 4.69) is 39.9 Å². The van der Waals surface area contributed by atoms with Crippen molar-refractivity contribution < 1.29 is 0 Å². The van der Waals surface area contributed by atoms with E-state index in [9.17, 15) is 0 Å². The van der Waals surface area contributed by atoms with E-state index in [0.717, 1.165) is 11.8 Å². The highest BCUT2D eigenvalue weighted by Gasteiger charge is 2.09. The van der Waals surface area contributed by atoms with Crippen molar-refractivity contribution in [3.05, 3.63) is 23.7 Å². The first kappa shape index (κ1) is 7.65. The van der Waals surface area contributed by atoms with Crippen molar-refractivity contribution in [2.45, 2.75) is 20.3 Å². The fourth-order valence-corrected chi connectivity index (χ4v) is 1.24.